The first-order valence-electron chi connectivity index (χ1n) is 21.2. The summed E-state index contributed by atoms with van der Waals surface area (Å²) in [5.41, 5.74) is 3.37. The minimum absolute atomic E-state index is 0. The van der Waals surface area contributed by atoms with E-state index >= 15 is 0 Å². The van der Waals surface area contributed by atoms with Crippen LogP contribution in [0.25, 0.3) is 21.9 Å². The molecule has 3 saturated heterocycles. The largest absolute Gasteiger partial charge is 0.504 e. The fraction of sp³-hybridized carbons (Fsp3) is 0.500. The Balaban J connectivity index is 0.000000316. The standard InChI is InChI=1S/C25H36N4O4.C19H20N2O3.C2H6.FH.H2/c1-18-4-3-10-27(15-18)16-20-7-11-28(12-8-20)24(31)17-33-21-6-5-19(2)22(14-21)29-13-9-23(30)26-25(29)32;1-3-4-9-21-12-16(13-5-6-17(22)18(10-13)24-2)14-7-8-20-11-15(14)19(21)23;1-2;;/h5-6,14,18,20H,3-4,7-13,15-17H2,1-2H3,(H,26,30,32);5-8,10-12,22H,3-4,9H2,1-2H3;1-2H3;2*1H. The maximum atomic E-state index is 12.7. The molecule has 3 aliphatic rings. The maximum absolute atomic E-state index is 12.7. The molecule has 7 rings (SSSR count). The van der Waals surface area contributed by atoms with Crippen LogP contribution in [0.15, 0.2) is 65.8 Å². The third-order valence-corrected chi connectivity index (χ3v) is 11.2. The van der Waals surface area contributed by atoms with Crippen LogP contribution >= 0.6 is 0 Å². The number of hydrogen-bond donors (Lipinski definition) is 2. The van der Waals surface area contributed by atoms with Crippen molar-refractivity contribution in [3.63, 3.8) is 0 Å². The summed E-state index contributed by atoms with van der Waals surface area (Å²) in [6.45, 7) is 16.5. The molecular formula is C46H65FN6O7. The number of amides is 4. The van der Waals surface area contributed by atoms with Crippen molar-refractivity contribution in [2.45, 2.75) is 86.1 Å². The number of hydrogen-bond acceptors (Lipinski definition) is 9. The molecule has 5 heterocycles. The molecule has 0 aliphatic carbocycles. The number of rotatable bonds is 11. The van der Waals surface area contributed by atoms with Crippen LogP contribution in [0.5, 0.6) is 17.2 Å². The number of phenols is 1. The van der Waals surface area contributed by atoms with Gasteiger partial charge in [-0.1, -0.05) is 46.2 Å². The maximum Gasteiger partial charge on any atom is 0.328 e. The lowest BCUT2D eigenvalue weighted by molar-refractivity contribution is -0.134. The predicted molar refractivity (Wildman–Crippen MR) is 237 cm³/mol. The number of urea groups is 1. The van der Waals surface area contributed by atoms with Gasteiger partial charge in [-0.25, -0.2) is 4.79 Å². The summed E-state index contributed by atoms with van der Waals surface area (Å²) < 4.78 is 12.7. The van der Waals surface area contributed by atoms with Crippen LogP contribution in [0.4, 0.5) is 15.2 Å². The molecule has 0 radical (unpaired) electrons. The van der Waals surface area contributed by atoms with E-state index in [1.54, 1.807) is 40.1 Å². The Morgan fingerprint density at radius 3 is 2.47 bits per heavy atom. The highest BCUT2D eigenvalue weighted by Gasteiger charge is 2.28. The molecule has 0 saturated carbocycles. The third-order valence-electron chi connectivity index (χ3n) is 11.2. The van der Waals surface area contributed by atoms with E-state index in [4.69, 9.17) is 9.47 Å². The molecule has 1 unspecified atom stereocenters. The van der Waals surface area contributed by atoms with Gasteiger partial charge in [-0.05, 0) is 98.2 Å². The minimum atomic E-state index is -0.426. The number of carbonyl (C=O) groups excluding carboxylic acids is 3. The number of piperidine rings is 2. The van der Waals surface area contributed by atoms with Crippen molar-refractivity contribution in [2.75, 3.05) is 57.9 Å². The summed E-state index contributed by atoms with van der Waals surface area (Å²) in [5, 5.41) is 13.6. The molecular weight excluding hydrogens is 768 g/mol. The van der Waals surface area contributed by atoms with Crippen LogP contribution in [0.3, 0.4) is 0 Å². The summed E-state index contributed by atoms with van der Waals surface area (Å²) in [6.07, 6.45) is 12.1. The molecule has 4 aromatic rings. The Labute approximate surface area is 354 Å². The number of phenolic OH excluding ortho intramolecular Hbond substituents is 1. The molecule has 3 fully saturated rings. The average molecular weight is 833 g/mol. The molecule has 328 valence electrons. The van der Waals surface area contributed by atoms with Crippen molar-refractivity contribution in [1.82, 2.24) is 24.7 Å². The molecule has 3 aliphatic heterocycles. The molecule has 1 atom stereocenters. The van der Waals surface area contributed by atoms with Crippen molar-refractivity contribution in [3.8, 4) is 28.4 Å². The number of ether oxygens (including phenoxy) is 2. The number of aromatic hydroxyl groups is 1. The number of imide groups is 1. The molecule has 0 bridgehead atoms. The lowest BCUT2D eigenvalue weighted by Gasteiger charge is -2.37. The summed E-state index contributed by atoms with van der Waals surface area (Å²) in [5.74, 6) is 2.24. The Morgan fingerprint density at radius 2 is 1.77 bits per heavy atom. The van der Waals surface area contributed by atoms with Crippen LogP contribution in [0, 0.1) is 18.8 Å². The van der Waals surface area contributed by atoms with Crippen LogP contribution in [-0.2, 0) is 16.1 Å². The second kappa shape index (κ2) is 22.8. The van der Waals surface area contributed by atoms with E-state index in [1.807, 2.05) is 56.1 Å². The van der Waals surface area contributed by atoms with Gasteiger partial charge in [-0.2, -0.15) is 0 Å². The van der Waals surface area contributed by atoms with E-state index in [0.29, 0.717) is 41.6 Å². The van der Waals surface area contributed by atoms with Gasteiger partial charge in [0.2, 0.25) is 5.91 Å². The SMILES string of the molecule is CC.CCCCn1cc(-c2ccc(O)c(OC)c2)c2ccncc2c1=O.Cc1ccc(OCC(=O)N2CCC(CN3CCCC(C)C3)CC2)cc1N1CCC(=O)NC1=O.F.[HH]. The number of nitrogens with zero attached hydrogens (tertiary/aromatic N) is 5. The zero-order valence-corrected chi connectivity index (χ0v) is 36.1. The lowest BCUT2D eigenvalue weighted by atomic mass is 9.93. The van der Waals surface area contributed by atoms with E-state index in [-0.39, 0.29) is 42.3 Å². The summed E-state index contributed by atoms with van der Waals surface area (Å²) in [7, 11) is 1.52. The summed E-state index contributed by atoms with van der Waals surface area (Å²) in [6, 6.07) is 12.1. The van der Waals surface area contributed by atoms with Gasteiger partial charge in [0.25, 0.3) is 11.5 Å². The monoisotopic (exact) mass is 832 g/mol. The molecule has 14 heteroatoms. The Bertz CT molecular complexity index is 2130. The Kier molecular flexibility index (Phi) is 17.9. The number of carbonyl (C=O) groups is 3. The number of pyridine rings is 2. The van der Waals surface area contributed by atoms with Crippen LogP contribution in [0.2, 0.25) is 0 Å². The van der Waals surface area contributed by atoms with E-state index in [0.717, 1.165) is 73.3 Å². The highest BCUT2D eigenvalue weighted by Crippen LogP contribution is 2.34. The van der Waals surface area contributed by atoms with Crippen molar-refractivity contribution in [3.05, 3.63) is 77.0 Å². The number of benzene rings is 2. The minimum Gasteiger partial charge on any atom is -0.504 e. The van der Waals surface area contributed by atoms with Crippen molar-refractivity contribution < 1.29 is 35.1 Å². The first-order chi connectivity index (χ1) is 28.5. The molecule has 13 nitrogen and oxygen atoms in total. The number of unbranched alkanes of at least 4 members (excludes halogenated alkanes) is 1. The number of aryl methyl sites for hydroxylation is 2. The highest BCUT2D eigenvalue weighted by atomic mass is 19.0. The molecule has 2 N–H and O–H groups in total. The van der Waals surface area contributed by atoms with Gasteiger partial charge in [0.05, 0.1) is 18.2 Å². The number of halogens is 1. The van der Waals surface area contributed by atoms with E-state index < -0.39 is 6.03 Å². The lowest BCUT2D eigenvalue weighted by Crippen LogP contribution is -2.49. The Morgan fingerprint density at radius 1 is 1.00 bits per heavy atom. The van der Waals surface area contributed by atoms with Gasteiger partial charge in [0.1, 0.15) is 5.75 Å². The average Bonchev–Trinajstić information content (AvgIpc) is 3.25. The van der Waals surface area contributed by atoms with Crippen LogP contribution in [0.1, 0.15) is 79.6 Å². The summed E-state index contributed by atoms with van der Waals surface area (Å²) in [4.78, 5) is 59.2. The van der Waals surface area contributed by atoms with Gasteiger partial charge in [-0.15, -0.1) is 0 Å². The number of methoxy groups -OCH3 is 1. The zero-order valence-electron chi connectivity index (χ0n) is 36.1. The van der Waals surface area contributed by atoms with E-state index in [1.165, 1.54) is 33.0 Å². The highest BCUT2D eigenvalue weighted by molar-refractivity contribution is 6.06. The number of aromatic nitrogens is 2. The first-order valence-corrected chi connectivity index (χ1v) is 21.2. The predicted octanol–water partition coefficient (Wildman–Crippen LogP) is 7.79. The topological polar surface area (TPSA) is 147 Å². The number of fused-ring (bicyclic) bond motifs is 1. The van der Waals surface area contributed by atoms with E-state index in [2.05, 4.69) is 29.0 Å². The van der Waals surface area contributed by atoms with Crippen LogP contribution < -0.4 is 25.2 Å². The normalized spacial score (nSPS) is 17.1. The zero-order chi connectivity index (χ0) is 42.5. The first kappa shape index (κ1) is 47.2. The molecule has 2 aromatic heterocycles. The Hall–Kier alpha value is -5.50. The van der Waals surface area contributed by atoms with Gasteiger partial charge >= 0.3 is 6.03 Å². The van der Waals surface area contributed by atoms with Gasteiger partial charge in [0.15, 0.2) is 18.1 Å². The third kappa shape index (κ3) is 12.0. The van der Waals surface area contributed by atoms with Crippen molar-refractivity contribution in [1.29, 1.82) is 0 Å². The van der Waals surface area contributed by atoms with Crippen molar-refractivity contribution >= 4 is 34.3 Å². The molecule has 60 heavy (non-hydrogen) atoms. The van der Waals surface area contributed by atoms with Crippen molar-refractivity contribution in [2.24, 2.45) is 11.8 Å². The summed E-state index contributed by atoms with van der Waals surface area (Å²) >= 11 is 0. The van der Waals surface area contributed by atoms with Gasteiger partial charge in [-0.3, -0.25) is 34.3 Å². The molecule has 2 aromatic carbocycles. The molecule has 0 spiro atoms. The second-order valence-electron chi connectivity index (χ2n) is 15.5. The smallest absolute Gasteiger partial charge is 0.328 e. The van der Waals surface area contributed by atoms with E-state index in [9.17, 15) is 24.3 Å². The van der Waals surface area contributed by atoms with Crippen LogP contribution in [-0.4, -0.2) is 95.3 Å². The quantitative estimate of drug-likeness (QED) is 0.155. The number of nitrogens with one attached hydrogen (secondary N) is 1. The molecule has 4 amide bonds. The second-order valence-corrected chi connectivity index (χ2v) is 15.5. The number of anilines is 1. The van der Waals surface area contributed by atoms with Gasteiger partial charge < -0.3 is 28.9 Å². The van der Waals surface area contributed by atoms with Gasteiger partial charge in [0, 0.05) is 77.3 Å². The fourth-order valence-corrected chi connectivity index (χ4v) is 7.99. The fourth-order valence-electron chi connectivity index (χ4n) is 7.99. The number of likely N-dealkylation sites (tertiary alicyclic amines) is 2.